The number of hydrogen-bond acceptors (Lipinski definition) is 4. The van der Waals surface area contributed by atoms with E-state index in [0.717, 1.165) is 19.3 Å². The molecule has 3 fully saturated rings. The van der Waals surface area contributed by atoms with E-state index in [1.165, 1.54) is 19.3 Å². The number of likely N-dealkylation sites (tertiary alicyclic amines) is 1. The highest BCUT2D eigenvalue weighted by atomic mass is 16.6. The van der Waals surface area contributed by atoms with Crippen molar-refractivity contribution in [1.82, 2.24) is 20.0 Å². The molecule has 0 unspecified atom stereocenters. The minimum Gasteiger partial charge on any atom is -0.444 e. The largest absolute Gasteiger partial charge is 0.444 e. The molecule has 164 valence electrons. The van der Waals surface area contributed by atoms with Crippen molar-refractivity contribution < 1.29 is 19.1 Å². The molecule has 4 amide bonds. The fourth-order valence-electron chi connectivity index (χ4n) is 4.42. The molecule has 8 heteroatoms. The number of piperazine rings is 1. The summed E-state index contributed by atoms with van der Waals surface area (Å²) in [5.41, 5.74) is -0.579. The van der Waals surface area contributed by atoms with Gasteiger partial charge in [0.1, 0.15) is 11.6 Å². The molecule has 0 aromatic carbocycles. The van der Waals surface area contributed by atoms with E-state index < -0.39 is 17.7 Å². The van der Waals surface area contributed by atoms with Crippen molar-refractivity contribution in [3.8, 4) is 0 Å². The van der Waals surface area contributed by atoms with Crippen LogP contribution in [0.2, 0.25) is 0 Å². The van der Waals surface area contributed by atoms with E-state index in [1.54, 1.807) is 14.7 Å². The van der Waals surface area contributed by atoms with E-state index >= 15 is 0 Å². The van der Waals surface area contributed by atoms with Crippen molar-refractivity contribution in [3.63, 3.8) is 0 Å². The van der Waals surface area contributed by atoms with Crippen molar-refractivity contribution in [2.75, 3.05) is 32.7 Å². The molecule has 0 aromatic rings. The van der Waals surface area contributed by atoms with E-state index in [-0.39, 0.29) is 18.0 Å². The lowest BCUT2D eigenvalue weighted by Crippen LogP contribution is -2.57. The predicted octanol–water partition coefficient (Wildman–Crippen LogP) is 2.57. The zero-order valence-electron chi connectivity index (χ0n) is 18.1. The van der Waals surface area contributed by atoms with Crippen LogP contribution < -0.4 is 5.32 Å². The molecule has 2 heterocycles. The predicted molar refractivity (Wildman–Crippen MR) is 110 cm³/mol. The Bertz CT molecular complexity index is 604. The van der Waals surface area contributed by atoms with Crippen LogP contribution in [0.25, 0.3) is 0 Å². The first-order valence-electron chi connectivity index (χ1n) is 11.1. The number of urea groups is 1. The Morgan fingerprint density at radius 2 is 1.45 bits per heavy atom. The van der Waals surface area contributed by atoms with Gasteiger partial charge in [0.25, 0.3) is 0 Å². The summed E-state index contributed by atoms with van der Waals surface area (Å²) in [6.07, 6.45) is 6.80. The van der Waals surface area contributed by atoms with Crippen molar-refractivity contribution in [2.45, 2.75) is 83.4 Å². The topological polar surface area (TPSA) is 82.2 Å². The second kappa shape index (κ2) is 9.22. The number of carbonyl (C=O) groups excluding carboxylic acids is 3. The van der Waals surface area contributed by atoms with E-state index in [2.05, 4.69) is 5.32 Å². The SMILES string of the molecule is CC(C)(C)OC(=O)N1CCC[C@H]1C(=O)N1CCN(C(=O)NC2CCCCC2)CC1. The van der Waals surface area contributed by atoms with Crippen LogP contribution in [-0.4, -0.2) is 83.1 Å². The number of ether oxygens (including phenoxy) is 1. The number of amides is 4. The second-order valence-corrected chi connectivity index (χ2v) is 9.43. The van der Waals surface area contributed by atoms with Crippen molar-refractivity contribution in [3.05, 3.63) is 0 Å². The molecule has 3 rings (SSSR count). The average molecular weight is 409 g/mol. The van der Waals surface area contributed by atoms with Gasteiger partial charge in [0, 0.05) is 38.8 Å². The summed E-state index contributed by atoms with van der Waals surface area (Å²) in [6, 6.07) is -0.176. The molecule has 8 nitrogen and oxygen atoms in total. The van der Waals surface area contributed by atoms with Crippen LogP contribution in [0.5, 0.6) is 0 Å². The third-order valence-electron chi connectivity index (χ3n) is 5.98. The van der Waals surface area contributed by atoms with Crippen molar-refractivity contribution in [2.24, 2.45) is 0 Å². The van der Waals surface area contributed by atoms with Crippen LogP contribution >= 0.6 is 0 Å². The molecule has 0 aromatic heterocycles. The highest BCUT2D eigenvalue weighted by molar-refractivity contribution is 5.86. The molecular formula is C21H36N4O4. The van der Waals surface area contributed by atoms with Crippen LogP contribution in [0.3, 0.4) is 0 Å². The fraction of sp³-hybridized carbons (Fsp3) is 0.857. The maximum Gasteiger partial charge on any atom is 0.410 e. The summed E-state index contributed by atoms with van der Waals surface area (Å²) >= 11 is 0. The van der Waals surface area contributed by atoms with Gasteiger partial charge in [0.2, 0.25) is 5.91 Å². The molecule has 1 aliphatic carbocycles. The minimum atomic E-state index is -0.579. The zero-order chi connectivity index (χ0) is 21.0. The van der Waals surface area contributed by atoms with Gasteiger partial charge in [-0.2, -0.15) is 0 Å². The van der Waals surface area contributed by atoms with Gasteiger partial charge in [-0.1, -0.05) is 19.3 Å². The Kier molecular flexibility index (Phi) is 6.90. The molecule has 1 saturated carbocycles. The summed E-state index contributed by atoms with van der Waals surface area (Å²) in [6.45, 7) is 8.12. The highest BCUT2D eigenvalue weighted by Gasteiger charge is 2.39. The fourth-order valence-corrected chi connectivity index (χ4v) is 4.42. The third kappa shape index (κ3) is 5.76. The van der Waals surface area contributed by atoms with E-state index in [4.69, 9.17) is 4.74 Å². The molecular weight excluding hydrogens is 372 g/mol. The summed E-state index contributed by atoms with van der Waals surface area (Å²) < 4.78 is 5.47. The number of nitrogens with one attached hydrogen (secondary N) is 1. The van der Waals surface area contributed by atoms with Gasteiger partial charge in [-0.3, -0.25) is 9.69 Å². The Balaban J connectivity index is 1.48. The van der Waals surface area contributed by atoms with Gasteiger partial charge >= 0.3 is 12.1 Å². The standard InChI is InChI=1S/C21H36N4O4/c1-21(2,3)29-20(28)25-11-7-10-17(25)18(26)23-12-14-24(15-13-23)19(27)22-16-8-5-4-6-9-16/h16-17H,4-15H2,1-3H3,(H,22,27)/t17-/m0/s1. The molecule has 1 atom stereocenters. The summed E-state index contributed by atoms with van der Waals surface area (Å²) in [5.74, 6) is -0.0271. The molecule has 2 saturated heterocycles. The number of hydrogen-bond donors (Lipinski definition) is 1. The molecule has 0 bridgehead atoms. The zero-order valence-corrected chi connectivity index (χ0v) is 18.1. The minimum absolute atomic E-state index is 0.0137. The molecule has 0 spiro atoms. The summed E-state index contributed by atoms with van der Waals surface area (Å²) in [5, 5.41) is 3.15. The first kappa shape index (κ1) is 21.7. The van der Waals surface area contributed by atoms with Gasteiger partial charge in [0.15, 0.2) is 0 Å². The molecule has 3 aliphatic rings. The van der Waals surface area contributed by atoms with Crippen LogP contribution in [0.4, 0.5) is 9.59 Å². The Morgan fingerprint density at radius 1 is 0.828 bits per heavy atom. The molecule has 1 N–H and O–H groups in total. The van der Waals surface area contributed by atoms with Gasteiger partial charge in [-0.15, -0.1) is 0 Å². The van der Waals surface area contributed by atoms with Gasteiger partial charge in [0.05, 0.1) is 0 Å². The first-order valence-corrected chi connectivity index (χ1v) is 11.1. The van der Waals surface area contributed by atoms with Crippen LogP contribution in [-0.2, 0) is 9.53 Å². The van der Waals surface area contributed by atoms with Crippen LogP contribution in [0.1, 0.15) is 65.7 Å². The summed E-state index contributed by atoms with van der Waals surface area (Å²) in [7, 11) is 0. The Hall–Kier alpha value is -1.99. The molecule has 0 radical (unpaired) electrons. The number of rotatable bonds is 2. The maximum atomic E-state index is 13.0. The molecule has 29 heavy (non-hydrogen) atoms. The second-order valence-electron chi connectivity index (χ2n) is 9.43. The van der Waals surface area contributed by atoms with Crippen LogP contribution in [0.15, 0.2) is 0 Å². The highest BCUT2D eigenvalue weighted by Crippen LogP contribution is 2.23. The lowest BCUT2D eigenvalue weighted by Gasteiger charge is -2.38. The smallest absolute Gasteiger partial charge is 0.410 e. The van der Waals surface area contributed by atoms with E-state index in [0.29, 0.717) is 39.1 Å². The van der Waals surface area contributed by atoms with Crippen molar-refractivity contribution in [1.29, 1.82) is 0 Å². The monoisotopic (exact) mass is 408 g/mol. The first-order chi connectivity index (χ1) is 13.7. The molecule has 2 aliphatic heterocycles. The maximum absolute atomic E-state index is 13.0. The van der Waals surface area contributed by atoms with Gasteiger partial charge < -0.3 is 19.9 Å². The average Bonchev–Trinajstić information content (AvgIpc) is 3.17. The Morgan fingerprint density at radius 3 is 2.07 bits per heavy atom. The van der Waals surface area contributed by atoms with E-state index in [9.17, 15) is 14.4 Å². The lowest BCUT2D eigenvalue weighted by molar-refractivity contribution is -0.137. The lowest BCUT2D eigenvalue weighted by atomic mass is 9.96. The van der Waals surface area contributed by atoms with Gasteiger partial charge in [-0.25, -0.2) is 9.59 Å². The number of nitrogens with zero attached hydrogens (tertiary/aromatic N) is 3. The normalized spacial score (nSPS) is 23.8. The van der Waals surface area contributed by atoms with Gasteiger partial charge in [-0.05, 0) is 46.5 Å². The Labute approximate surface area is 173 Å². The number of carbonyl (C=O) groups is 3. The summed E-state index contributed by atoms with van der Waals surface area (Å²) in [4.78, 5) is 43.2. The van der Waals surface area contributed by atoms with Crippen LogP contribution in [0, 0.1) is 0 Å². The third-order valence-corrected chi connectivity index (χ3v) is 5.98. The van der Waals surface area contributed by atoms with Crippen molar-refractivity contribution >= 4 is 18.0 Å². The van der Waals surface area contributed by atoms with E-state index in [1.807, 2.05) is 20.8 Å². The quantitative estimate of drug-likeness (QED) is 0.761.